The van der Waals surface area contributed by atoms with Crippen LogP contribution in [0.15, 0.2) is 18.3 Å². The Morgan fingerprint density at radius 1 is 1.44 bits per heavy atom. The number of nitrogens with zero attached hydrogens (tertiary/aromatic N) is 1. The summed E-state index contributed by atoms with van der Waals surface area (Å²) < 4.78 is 5.34. The molecule has 6 heteroatoms. The number of amides is 2. The number of hydrogen-bond donors (Lipinski definition) is 1. The largest absolute Gasteiger partial charge is 0.464 e. The summed E-state index contributed by atoms with van der Waals surface area (Å²) in [6, 6.07) is 3.22. The van der Waals surface area contributed by atoms with Gasteiger partial charge in [0.05, 0.1) is 0 Å². The standard InChI is InChI=1S/C10H9BN2O3/c11-6-1-4-9(12-5-6)16-7-2-3-8(14)13-10(7)15/h1,4-5,7H,2-3H2,(H,13,14,15). The van der Waals surface area contributed by atoms with Gasteiger partial charge in [0.2, 0.25) is 11.8 Å². The molecule has 1 atom stereocenters. The lowest BCUT2D eigenvalue weighted by Crippen LogP contribution is -2.46. The van der Waals surface area contributed by atoms with Crippen LogP contribution in [0, 0.1) is 0 Å². The van der Waals surface area contributed by atoms with Crippen molar-refractivity contribution in [2.75, 3.05) is 0 Å². The molecule has 1 fully saturated rings. The van der Waals surface area contributed by atoms with Crippen LogP contribution in [-0.2, 0) is 9.59 Å². The predicted molar refractivity (Wildman–Crippen MR) is 56.4 cm³/mol. The van der Waals surface area contributed by atoms with Gasteiger partial charge in [-0.2, -0.15) is 0 Å². The van der Waals surface area contributed by atoms with Crippen molar-refractivity contribution in [2.45, 2.75) is 18.9 Å². The Kier molecular flexibility index (Phi) is 2.89. The first-order valence-electron chi connectivity index (χ1n) is 4.87. The summed E-state index contributed by atoms with van der Waals surface area (Å²) >= 11 is 0. The minimum Gasteiger partial charge on any atom is -0.464 e. The molecular formula is C10H9BN2O3. The van der Waals surface area contributed by atoms with E-state index in [9.17, 15) is 9.59 Å². The summed E-state index contributed by atoms with van der Waals surface area (Å²) in [5.41, 5.74) is 0.524. The zero-order chi connectivity index (χ0) is 11.5. The van der Waals surface area contributed by atoms with Gasteiger partial charge in [-0.15, -0.1) is 0 Å². The highest BCUT2D eigenvalue weighted by Gasteiger charge is 2.28. The van der Waals surface area contributed by atoms with E-state index in [-0.39, 0.29) is 12.3 Å². The predicted octanol–water partition coefficient (Wildman–Crippen LogP) is -0.941. The van der Waals surface area contributed by atoms with Crippen LogP contribution < -0.4 is 15.5 Å². The minimum absolute atomic E-state index is 0.268. The van der Waals surface area contributed by atoms with E-state index < -0.39 is 12.0 Å². The topological polar surface area (TPSA) is 68.3 Å². The molecule has 1 aliphatic heterocycles. The first-order chi connectivity index (χ1) is 7.65. The third-order valence-electron chi connectivity index (χ3n) is 2.21. The molecule has 2 radical (unpaired) electrons. The van der Waals surface area contributed by atoms with E-state index >= 15 is 0 Å². The van der Waals surface area contributed by atoms with Gasteiger partial charge < -0.3 is 4.74 Å². The van der Waals surface area contributed by atoms with Gasteiger partial charge in [-0.05, 0) is 6.07 Å². The molecule has 0 aliphatic carbocycles. The fourth-order valence-electron chi connectivity index (χ4n) is 1.39. The quantitative estimate of drug-likeness (QED) is 0.511. The third-order valence-corrected chi connectivity index (χ3v) is 2.21. The zero-order valence-corrected chi connectivity index (χ0v) is 8.47. The Morgan fingerprint density at radius 3 is 2.88 bits per heavy atom. The highest BCUT2D eigenvalue weighted by atomic mass is 16.5. The molecule has 1 unspecified atom stereocenters. The van der Waals surface area contributed by atoms with Crippen molar-refractivity contribution in [2.24, 2.45) is 0 Å². The maximum Gasteiger partial charge on any atom is 0.267 e. The summed E-state index contributed by atoms with van der Waals surface area (Å²) in [5.74, 6) is -0.367. The Morgan fingerprint density at radius 2 is 2.25 bits per heavy atom. The molecular weight excluding hydrogens is 207 g/mol. The number of hydrogen-bond acceptors (Lipinski definition) is 4. The lowest BCUT2D eigenvalue weighted by molar-refractivity contribution is -0.139. The van der Waals surface area contributed by atoms with Gasteiger partial charge in [0.15, 0.2) is 6.10 Å². The molecule has 1 aliphatic rings. The molecule has 1 aromatic heterocycles. The molecule has 2 rings (SSSR count). The van der Waals surface area contributed by atoms with Crippen molar-refractivity contribution >= 4 is 25.1 Å². The Labute approximate surface area is 93.6 Å². The molecule has 16 heavy (non-hydrogen) atoms. The first-order valence-corrected chi connectivity index (χ1v) is 4.87. The number of carbonyl (C=O) groups excluding carboxylic acids is 2. The van der Waals surface area contributed by atoms with E-state index in [1.54, 1.807) is 12.1 Å². The number of carbonyl (C=O) groups is 2. The average Bonchev–Trinajstić information content (AvgIpc) is 2.25. The fourth-order valence-corrected chi connectivity index (χ4v) is 1.39. The van der Waals surface area contributed by atoms with Crippen molar-refractivity contribution in [3.05, 3.63) is 18.3 Å². The van der Waals surface area contributed by atoms with E-state index in [1.165, 1.54) is 6.20 Å². The van der Waals surface area contributed by atoms with Crippen LogP contribution >= 0.6 is 0 Å². The fraction of sp³-hybridized carbons (Fsp3) is 0.300. The van der Waals surface area contributed by atoms with Crippen LogP contribution in [0.2, 0.25) is 0 Å². The lowest BCUT2D eigenvalue weighted by Gasteiger charge is -2.21. The third kappa shape index (κ3) is 2.39. The summed E-state index contributed by atoms with van der Waals surface area (Å²) in [4.78, 5) is 26.2. The van der Waals surface area contributed by atoms with Crippen LogP contribution in [0.25, 0.3) is 0 Å². The molecule has 1 aromatic rings. The molecule has 80 valence electrons. The number of pyridine rings is 1. The number of aromatic nitrogens is 1. The highest BCUT2D eigenvalue weighted by Crippen LogP contribution is 2.12. The van der Waals surface area contributed by atoms with Crippen molar-refractivity contribution in [3.8, 4) is 5.88 Å². The van der Waals surface area contributed by atoms with Crippen molar-refractivity contribution in [1.82, 2.24) is 10.3 Å². The lowest BCUT2D eigenvalue weighted by atomic mass is 9.99. The number of imide groups is 1. The van der Waals surface area contributed by atoms with Gasteiger partial charge in [-0.25, -0.2) is 4.98 Å². The maximum absolute atomic E-state index is 11.4. The second-order valence-electron chi connectivity index (χ2n) is 3.49. The molecule has 2 amide bonds. The molecule has 2 heterocycles. The highest BCUT2D eigenvalue weighted by molar-refractivity contribution is 6.32. The Hall–Kier alpha value is -1.85. The van der Waals surface area contributed by atoms with Crippen LogP contribution in [0.5, 0.6) is 5.88 Å². The minimum atomic E-state index is -0.658. The number of ether oxygens (including phenoxy) is 1. The number of rotatable bonds is 2. The normalized spacial score (nSPS) is 20.4. The van der Waals surface area contributed by atoms with Crippen molar-refractivity contribution in [1.29, 1.82) is 0 Å². The second-order valence-corrected chi connectivity index (χ2v) is 3.49. The smallest absolute Gasteiger partial charge is 0.267 e. The SMILES string of the molecule is [B]c1ccc(OC2CCC(=O)NC2=O)nc1. The van der Waals surface area contributed by atoms with Crippen LogP contribution in [0.1, 0.15) is 12.8 Å². The zero-order valence-electron chi connectivity index (χ0n) is 8.47. The summed E-state index contributed by atoms with van der Waals surface area (Å²) in [5, 5.41) is 2.21. The van der Waals surface area contributed by atoms with Gasteiger partial charge >= 0.3 is 0 Å². The number of nitrogens with one attached hydrogen (secondary N) is 1. The number of piperidine rings is 1. The van der Waals surface area contributed by atoms with E-state index in [0.717, 1.165) is 0 Å². The second kappa shape index (κ2) is 4.34. The van der Waals surface area contributed by atoms with Crippen LogP contribution in [-0.4, -0.2) is 30.7 Å². The van der Waals surface area contributed by atoms with Gasteiger partial charge in [0.1, 0.15) is 7.85 Å². The molecule has 5 nitrogen and oxygen atoms in total. The summed E-state index contributed by atoms with van der Waals surface area (Å²) in [6.07, 6.45) is 1.44. The van der Waals surface area contributed by atoms with E-state index in [0.29, 0.717) is 17.8 Å². The molecule has 1 saturated heterocycles. The van der Waals surface area contributed by atoms with Crippen LogP contribution in [0.4, 0.5) is 0 Å². The summed E-state index contributed by atoms with van der Waals surface area (Å²) in [6.45, 7) is 0. The van der Waals surface area contributed by atoms with E-state index in [2.05, 4.69) is 10.3 Å². The van der Waals surface area contributed by atoms with Crippen molar-refractivity contribution in [3.63, 3.8) is 0 Å². The van der Waals surface area contributed by atoms with Gasteiger partial charge in [0, 0.05) is 19.0 Å². The summed E-state index contributed by atoms with van der Waals surface area (Å²) in [7, 11) is 5.46. The first kappa shape index (κ1) is 10.7. The van der Waals surface area contributed by atoms with E-state index in [1.807, 2.05) is 0 Å². The Balaban J connectivity index is 2.02. The van der Waals surface area contributed by atoms with Gasteiger partial charge in [0.25, 0.3) is 5.91 Å². The molecule has 0 aromatic carbocycles. The van der Waals surface area contributed by atoms with Crippen molar-refractivity contribution < 1.29 is 14.3 Å². The van der Waals surface area contributed by atoms with Crippen LogP contribution in [0.3, 0.4) is 0 Å². The monoisotopic (exact) mass is 216 g/mol. The molecule has 0 bridgehead atoms. The van der Waals surface area contributed by atoms with E-state index in [4.69, 9.17) is 12.6 Å². The molecule has 0 spiro atoms. The van der Waals surface area contributed by atoms with Gasteiger partial charge in [-0.1, -0.05) is 11.5 Å². The average molecular weight is 216 g/mol. The van der Waals surface area contributed by atoms with Gasteiger partial charge in [-0.3, -0.25) is 14.9 Å². The molecule has 0 saturated carbocycles. The molecule has 1 N–H and O–H groups in total. The maximum atomic E-state index is 11.4. The Bertz CT molecular complexity index is 419.